The van der Waals surface area contributed by atoms with Gasteiger partial charge in [-0.2, -0.15) is 0 Å². The number of hydrogen-bond acceptors (Lipinski definition) is 8. The maximum absolute atomic E-state index is 12.0. The van der Waals surface area contributed by atoms with Gasteiger partial charge in [0.2, 0.25) is 0 Å². The van der Waals surface area contributed by atoms with Crippen LogP contribution in [0.25, 0.3) is 0 Å². The second-order valence-corrected chi connectivity index (χ2v) is 7.87. The Bertz CT molecular complexity index is 500. The summed E-state index contributed by atoms with van der Waals surface area (Å²) in [6, 6.07) is 0. The van der Waals surface area contributed by atoms with E-state index in [4.69, 9.17) is 23.7 Å². The molecule has 30 heavy (non-hydrogen) atoms. The van der Waals surface area contributed by atoms with E-state index >= 15 is 0 Å². The lowest BCUT2D eigenvalue weighted by Crippen LogP contribution is -2.50. The third kappa shape index (κ3) is 13.5. The van der Waals surface area contributed by atoms with Gasteiger partial charge in [-0.05, 0) is 20.8 Å². The quantitative estimate of drug-likeness (QED) is 0.234. The first-order valence-electron chi connectivity index (χ1n) is 10.5. The normalized spacial score (nSPS) is 15.1. The number of ether oxygens (including phenoxy) is 5. The van der Waals surface area contributed by atoms with Gasteiger partial charge in [0, 0.05) is 32.7 Å². The van der Waals surface area contributed by atoms with Crippen molar-refractivity contribution in [2.24, 2.45) is 0 Å². The van der Waals surface area contributed by atoms with E-state index in [0.29, 0.717) is 52.7 Å². The molecule has 1 aliphatic heterocycles. The summed E-state index contributed by atoms with van der Waals surface area (Å²) in [4.78, 5) is 27.3. The van der Waals surface area contributed by atoms with Crippen LogP contribution in [0, 0.1) is 0 Å². The molecule has 0 aliphatic carbocycles. The molecule has 0 saturated carbocycles. The summed E-state index contributed by atoms with van der Waals surface area (Å²) in [5, 5.41) is 0. The molecule has 1 rings (SSSR count). The Balaban J connectivity index is 1.90. The number of rotatable bonds is 14. The first-order chi connectivity index (χ1) is 14.3. The molecule has 0 spiro atoms. The SMILES string of the molecule is C=CCOC(=O)CCOCCOCCOCCN1CCN(C(=O)OC(C)(C)C)CC1. The fourth-order valence-corrected chi connectivity index (χ4v) is 2.60. The molecule has 174 valence electrons. The van der Waals surface area contributed by atoms with Crippen molar-refractivity contribution in [3.8, 4) is 0 Å². The van der Waals surface area contributed by atoms with E-state index in [2.05, 4.69) is 11.5 Å². The fraction of sp³-hybridized carbons (Fsp3) is 0.810. The molecule has 0 unspecified atom stereocenters. The molecule has 1 aliphatic rings. The summed E-state index contributed by atoms with van der Waals surface area (Å²) in [5.74, 6) is -0.296. The van der Waals surface area contributed by atoms with Gasteiger partial charge < -0.3 is 28.6 Å². The number of carbonyl (C=O) groups is 2. The summed E-state index contributed by atoms with van der Waals surface area (Å²) in [6.45, 7) is 16.0. The molecule has 0 aromatic carbocycles. The van der Waals surface area contributed by atoms with Crippen molar-refractivity contribution in [3.63, 3.8) is 0 Å². The molecule has 9 heteroatoms. The van der Waals surface area contributed by atoms with E-state index in [1.807, 2.05) is 20.8 Å². The van der Waals surface area contributed by atoms with Crippen LogP contribution in [-0.2, 0) is 28.5 Å². The van der Waals surface area contributed by atoms with Crippen LogP contribution in [0.4, 0.5) is 4.79 Å². The molecule has 0 N–H and O–H groups in total. The van der Waals surface area contributed by atoms with Crippen LogP contribution in [0.2, 0.25) is 0 Å². The zero-order valence-electron chi connectivity index (χ0n) is 18.7. The standard InChI is InChI=1S/C21H38N2O7/c1-5-12-29-19(24)6-13-26-15-17-28-18-16-27-14-11-22-7-9-23(10-8-22)20(25)30-21(2,3)4/h5H,1,6-18H2,2-4H3. The molecule has 0 aromatic rings. The smallest absolute Gasteiger partial charge is 0.410 e. The first-order valence-corrected chi connectivity index (χ1v) is 10.5. The van der Waals surface area contributed by atoms with Crippen LogP contribution in [0.15, 0.2) is 12.7 Å². The Labute approximate surface area is 180 Å². The monoisotopic (exact) mass is 430 g/mol. The molecule has 0 radical (unpaired) electrons. The van der Waals surface area contributed by atoms with Crippen molar-refractivity contribution in [3.05, 3.63) is 12.7 Å². The van der Waals surface area contributed by atoms with E-state index in [0.717, 1.165) is 19.6 Å². The zero-order valence-corrected chi connectivity index (χ0v) is 18.7. The lowest BCUT2D eigenvalue weighted by Gasteiger charge is -2.35. The van der Waals surface area contributed by atoms with Gasteiger partial charge in [0.05, 0.1) is 46.1 Å². The molecular weight excluding hydrogens is 392 g/mol. The van der Waals surface area contributed by atoms with Gasteiger partial charge in [-0.15, -0.1) is 0 Å². The molecule has 1 amide bonds. The van der Waals surface area contributed by atoms with Gasteiger partial charge in [0.25, 0.3) is 0 Å². The van der Waals surface area contributed by atoms with E-state index in [1.165, 1.54) is 6.08 Å². The lowest BCUT2D eigenvalue weighted by molar-refractivity contribution is -0.143. The minimum absolute atomic E-state index is 0.225. The predicted molar refractivity (Wildman–Crippen MR) is 112 cm³/mol. The third-order valence-corrected chi connectivity index (χ3v) is 4.13. The number of esters is 1. The summed E-state index contributed by atoms with van der Waals surface area (Å²) in [5.41, 5.74) is -0.463. The molecule has 0 aromatic heterocycles. The zero-order chi connectivity index (χ0) is 22.2. The molecule has 0 bridgehead atoms. The number of nitrogens with zero attached hydrogens (tertiary/aromatic N) is 2. The number of carbonyl (C=O) groups excluding carboxylic acids is 2. The van der Waals surface area contributed by atoms with Crippen LogP contribution < -0.4 is 0 Å². The second-order valence-electron chi connectivity index (χ2n) is 7.87. The minimum atomic E-state index is -0.463. The molecule has 1 heterocycles. The van der Waals surface area contributed by atoms with Crippen molar-refractivity contribution in [1.29, 1.82) is 0 Å². The number of amides is 1. The summed E-state index contributed by atoms with van der Waals surface area (Å²) >= 11 is 0. The maximum Gasteiger partial charge on any atom is 0.410 e. The number of piperazine rings is 1. The number of hydrogen-bond donors (Lipinski definition) is 0. The Morgan fingerprint density at radius 2 is 1.47 bits per heavy atom. The van der Waals surface area contributed by atoms with Crippen LogP contribution in [0.1, 0.15) is 27.2 Å². The van der Waals surface area contributed by atoms with E-state index < -0.39 is 5.60 Å². The maximum atomic E-state index is 12.0. The van der Waals surface area contributed by atoms with Gasteiger partial charge in [0.1, 0.15) is 12.2 Å². The highest BCUT2D eigenvalue weighted by atomic mass is 16.6. The van der Waals surface area contributed by atoms with Crippen LogP contribution in [0.5, 0.6) is 0 Å². The molecule has 0 atom stereocenters. The van der Waals surface area contributed by atoms with Crippen molar-refractivity contribution in [2.45, 2.75) is 32.8 Å². The van der Waals surface area contributed by atoms with Gasteiger partial charge >= 0.3 is 12.1 Å². The average molecular weight is 431 g/mol. The van der Waals surface area contributed by atoms with Crippen molar-refractivity contribution < 1.29 is 33.3 Å². The predicted octanol–water partition coefficient (Wildman–Crippen LogP) is 1.71. The summed E-state index contributed by atoms with van der Waals surface area (Å²) in [7, 11) is 0. The van der Waals surface area contributed by atoms with Crippen molar-refractivity contribution in [2.75, 3.05) is 79.0 Å². The highest BCUT2D eigenvalue weighted by Crippen LogP contribution is 2.11. The Morgan fingerprint density at radius 3 is 2.03 bits per heavy atom. The topological polar surface area (TPSA) is 86.8 Å². The Hall–Kier alpha value is -1.68. The van der Waals surface area contributed by atoms with E-state index in [-0.39, 0.29) is 25.1 Å². The van der Waals surface area contributed by atoms with Gasteiger partial charge in [0.15, 0.2) is 0 Å². The van der Waals surface area contributed by atoms with E-state index in [9.17, 15) is 9.59 Å². The van der Waals surface area contributed by atoms with Crippen molar-refractivity contribution in [1.82, 2.24) is 9.80 Å². The first kappa shape index (κ1) is 26.4. The second kappa shape index (κ2) is 15.2. The van der Waals surface area contributed by atoms with E-state index in [1.54, 1.807) is 4.90 Å². The lowest BCUT2D eigenvalue weighted by atomic mass is 10.2. The Kier molecular flexibility index (Phi) is 13.3. The van der Waals surface area contributed by atoms with Crippen molar-refractivity contribution >= 4 is 12.1 Å². The average Bonchev–Trinajstić information content (AvgIpc) is 2.69. The molecular formula is C21H38N2O7. The highest BCUT2D eigenvalue weighted by Gasteiger charge is 2.25. The van der Waals surface area contributed by atoms with Gasteiger partial charge in [-0.25, -0.2) is 4.79 Å². The largest absolute Gasteiger partial charge is 0.461 e. The minimum Gasteiger partial charge on any atom is -0.461 e. The van der Waals surface area contributed by atoms with Gasteiger partial charge in [-0.1, -0.05) is 12.7 Å². The summed E-state index contributed by atoms with van der Waals surface area (Å²) in [6.07, 6.45) is 1.51. The van der Waals surface area contributed by atoms with Crippen LogP contribution >= 0.6 is 0 Å². The molecule has 1 saturated heterocycles. The third-order valence-electron chi connectivity index (χ3n) is 4.13. The molecule has 1 fully saturated rings. The summed E-state index contributed by atoms with van der Waals surface area (Å²) < 4.78 is 26.6. The van der Waals surface area contributed by atoms with Crippen LogP contribution in [0.3, 0.4) is 0 Å². The highest BCUT2D eigenvalue weighted by molar-refractivity contribution is 5.69. The Morgan fingerprint density at radius 1 is 0.900 bits per heavy atom. The fourth-order valence-electron chi connectivity index (χ4n) is 2.60. The van der Waals surface area contributed by atoms with Gasteiger partial charge in [-0.3, -0.25) is 9.69 Å². The molecule has 9 nitrogen and oxygen atoms in total. The van der Waals surface area contributed by atoms with Crippen LogP contribution in [-0.4, -0.2) is 106 Å².